The molecule has 0 saturated carbocycles. The van der Waals surface area contributed by atoms with Gasteiger partial charge in [-0.3, -0.25) is 14.7 Å². The molecule has 4 rings (SSSR count). The molecule has 0 unspecified atom stereocenters. The van der Waals surface area contributed by atoms with Gasteiger partial charge in [-0.05, 0) is 61.4 Å². The highest BCUT2D eigenvalue weighted by atomic mass is 19.4. The number of rotatable bonds is 8. The van der Waals surface area contributed by atoms with Gasteiger partial charge in [-0.15, -0.1) is 23.4 Å². The highest BCUT2D eigenvalue weighted by Crippen LogP contribution is 2.31. The number of hydrogen-bond donors (Lipinski definition) is 1. The van der Waals surface area contributed by atoms with Gasteiger partial charge in [0, 0.05) is 57.6 Å². The Balaban J connectivity index is 1.43. The Kier molecular flexibility index (Phi) is 8.30. The third kappa shape index (κ3) is 6.88. The summed E-state index contributed by atoms with van der Waals surface area (Å²) in [4.78, 5) is 22.2. The smallest absolute Gasteiger partial charge is 0.506 e. The summed E-state index contributed by atoms with van der Waals surface area (Å²) in [6.45, 7) is 7.99. The molecule has 1 N–H and O–H groups in total. The van der Waals surface area contributed by atoms with Crippen molar-refractivity contribution in [1.29, 1.82) is 0 Å². The van der Waals surface area contributed by atoms with Crippen molar-refractivity contribution in [3.05, 3.63) is 60.0 Å². The molecule has 1 fully saturated rings. The first kappa shape index (κ1) is 27.1. The Labute approximate surface area is 218 Å². The number of carbonyl (C=O) groups is 1. The summed E-state index contributed by atoms with van der Waals surface area (Å²) in [6, 6.07) is 9.31. The molecule has 0 radical (unpaired) electrons. The second kappa shape index (κ2) is 11.6. The third-order valence-electron chi connectivity index (χ3n) is 6.28. The Bertz CT molecular complexity index is 1240. The molecule has 202 valence electrons. The average molecular weight is 531 g/mol. The van der Waals surface area contributed by atoms with Gasteiger partial charge in [-0.2, -0.15) is 0 Å². The monoisotopic (exact) mass is 530 g/mol. The fourth-order valence-corrected chi connectivity index (χ4v) is 4.37. The van der Waals surface area contributed by atoms with Crippen LogP contribution in [0.1, 0.15) is 29.9 Å². The maximum Gasteiger partial charge on any atom is 0.573 e. The lowest BCUT2D eigenvalue weighted by Crippen LogP contribution is -2.46. The molecule has 0 bridgehead atoms. The summed E-state index contributed by atoms with van der Waals surface area (Å²) >= 11 is 0. The summed E-state index contributed by atoms with van der Waals surface area (Å²) in [5.41, 5.74) is 1.87. The fraction of sp³-hybridized carbons (Fsp3) is 0.385. The van der Waals surface area contributed by atoms with Crippen molar-refractivity contribution in [1.82, 2.24) is 25.0 Å². The van der Waals surface area contributed by atoms with E-state index in [1.165, 1.54) is 30.6 Å². The van der Waals surface area contributed by atoms with E-state index in [-0.39, 0.29) is 17.4 Å². The molecule has 0 spiro atoms. The van der Waals surface area contributed by atoms with Gasteiger partial charge < -0.3 is 19.6 Å². The molecule has 3 heterocycles. The van der Waals surface area contributed by atoms with E-state index in [2.05, 4.69) is 29.7 Å². The number of anilines is 1. The SMILES string of the molecule is CCN(CC)C(=O)c1ccc(N2CCN(Cc3cc(OC(F)(F)F)cc(-c4cncc(O)c4)c3)CC2)nn1. The van der Waals surface area contributed by atoms with Gasteiger partial charge in [-0.1, -0.05) is 0 Å². The quantitative estimate of drug-likeness (QED) is 0.468. The third-order valence-corrected chi connectivity index (χ3v) is 6.28. The van der Waals surface area contributed by atoms with E-state index >= 15 is 0 Å². The summed E-state index contributed by atoms with van der Waals surface area (Å²) in [6.07, 6.45) is -2.11. The normalized spacial score (nSPS) is 14.4. The van der Waals surface area contributed by atoms with Gasteiger partial charge in [0.15, 0.2) is 11.5 Å². The lowest BCUT2D eigenvalue weighted by Gasteiger charge is -2.35. The van der Waals surface area contributed by atoms with Crippen LogP contribution in [0.4, 0.5) is 19.0 Å². The van der Waals surface area contributed by atoms with Crippen molar-refractivity contribution in [2.45, 2.75) is 26.8 Å². The van der Waals surface area contributed by atoms with Gasteiger partial charge in [0.05, 0.1) is 6.20 Å². The lowest BCUT2D eigenvalue weighted by molar-refractivity contribution is -0.274. The second-order valence-electron chi connectivity index (χ2n) is 8.86. The molecule has 1 aliphatic rings. The number of aromatic nitrogens is 3. The molecule has 0 atom stereocenters. The van der Waals surface area contributed by atoms with Gasteiger partial charge in [-0.25, -0.2) is 0 Å². The van der Waals surface area contributed by atoms with E-state index in [0.29, 0.717) is 74.0 Å². The molecular formula is C26H29F3N6O3. The van der Waals surface area contributed by atoms with Crippen LogP contribution in [-0.4, -0.2) is 81.6 Å². The van der Waals surface area contributed by atoms with Gasteiger partial charge in [0.25, 0.3) is 5.91 Å². The number of hydrogen-bond acceptors (Lipinski definition) is 8. The minimum Gasteiger partial charge on any atom is -0.506 e. The van der Waals surface area contributed by atoms with Crippen molar-refractivity contribution >= 4 is 11.7 Å². The number of benzene rings is 1. The zero-order valence-electron chi connectivity index (χ0n) is 21.1. The van der Waals surface area contributed by atoms with Crippen LogP contribution in [0, 0.1) is 0 Å². The molecule has 1 saturated heterocycles. The number of piperazine rings is 1. The van der Waals surface area contributed by atoms with Crippen molar-refractivity contribution < 1.29 is 27.8 Å². The minimum absolute atomic E-state index is 0.0872. The van der Waals surface area contributed by atoms with Crippen molar-refractivity contribution in [2.24, 2.45) is 0 Å². The molecule has 0 aliphatic carbocycles. The van der Waals surface area contributed by atoms with E-state index < -0.39 is 6.36 Å². The maximum absolute atomic E-state index is 13.0. The number of ether oxygens (including phenoxy) is 1. The first-order valence-corrected chi connectivity index (χ1v) is 12.3. The van der Waals surface area contributed by atoms with Crippen molar-refractivity contribution in [3.8, 4) is 22.6 Å². The Morgan fingerprint density at radius 2 is 1.74 bits per heavy atom. The summed E-state index contributed by atoms with van der Waals surface area (Å²) in [5, 5.41) is 18.1. The lowest BCUT2D eigenvalue weighted by atomic mass is 10.0. The van der Waals surface area contributed by atoms with Crippen LogP contribution in [0.3, 0.4) is 0 Å². The van der Waals surface area contributed by atoms with Crippen molar-refractivity contribution in [3.63, 3.8) is 0 Å². The molecule has 3 aromatic rings. The molecule has 1 amide bonds. The largest absolute Gasteiger partial charge is 0.573 e. The second-order valence-corrected chi connectivity index (χ2v) is 8.86. The van der Waals surface area contributed by atoms with E-state index in [9.17, 15) is 23.1 Å². The molecule has 1 aliphatic heterocycles. The Morgan fingerprint density at radius 1 is 1.00 bits per heavy atom. The van der Waals surface area contributed by atoms with Crippen LogP contribution in [0.15, 0.2) is 48.8 Å². The number of nitrogens with zero attached hydrogens (tertiary/aromatic N) is 6. The summed E-state index contributed by atoms with van der Waals surface area (Å²) in [7, 11) is 0. The van der Waals surface area contributed by atoms with Crippen LogP contribution in [-0.2, 0) is 6.54 Å². The number of pyridine rings is 1. The van der Waals surface area contributed by atoms with E-state index in [1.807, 2.05) is 13.8 Å². The minimum atomic E-state index is -4.83. The average Bonchev–Trinajstić information content (AvgIpc) is 2.89. The highest BCUT2D eigenvalue weighted by Gasteiger charge is 2.31. The molecule has 12 heteroatoms. The van der Waals surface area contributed by atoms with Crippen LogP contribution in [0.5, 0.6) is 11.5 Å². The number of halogens is 3. The van der Waals surface area contributed by atoms with Gasteiger partial charge >= 0.3 is 6.36 Å². The van der Waals surface area contributed by atoms with Crippen LogP contribution in [0.2, 0.25) is 0 Å². The standard InChI is InChI=1S/C26H29F3N6O3/c1-3-34(4-2)25(37)23-5-6-24(32-31-23)35-9-7-33(8-10-35)17-18-11-19(20-13-21(36)16-30-15-20)14-22(12-18)38-26(27,28)29/h5-6,11-16,36H,3-4,7-10,17H2,1-2H3. The summed E-state index contributed by atoms with van der Waals surface area (Å²) in [5.74, 6) is 0.0916. The number of aromatic hydroxyl groups is 1. The van der Waals surface area contributed by atoms with E-state index in [4.69, 9.17) is 0 Å². The Hall–Kier alpha value is -3.93. The highest BCUT2D eigenvalue weighted by molar-refractivity contribution is 5.92. The maximum atomic E-state index is 13.0. The number of alkyl halides is 3. The van der Waals surface area contributed by atoms with E-state index in [0.717, 1.165) is 0 Å². The molecular weight excluding hydrogens is 501 g/mol. The van der Waals surface area contributed by atoms with Crippen molar-refractivity contribution in [2.75, 3.05) is 44.2 Å². The molecule has 38 heavy (non-hydrogen) atoms. The zero-order chi connectivity index (χ0) is 27.3. The fourth-order valence-electron chi connectivity index (χ4n) is 4.37. The molecule has 9 nitrogen and oxygen atoms in total. The predicted octanol–water partition coefficient (Wildman–Crippen LogP) is 3.95. The zero-order valence-corrected chi connectivity index (χ0v) is 21.1. The predicted molar refractivity (Wildman–Crippen MR) is 135 cm³/mol. The topological polar surface area (TPSA) is 94.9 Å². The summed E-state index contributed by atoms with van der Waals surface area (Å²) < 4.78 is 43.1. The van der Waals surface area contributed by atoms with Crippen LogP contribution < -0.4 is 9.64 Å². The molecule has 1 aromatic carbocycles. The van der Waals surface area contributed by atoms with E-state index in [1.54, 1.807) is 23.1 Å². The van der Waals surface area contributed by atoms with Crippen LogP contribution >= 0.6 is 0 Å². The molecule has 2 aromatic heterocycles. The van der Waals surface area contributed by atoms with Gasteiger partial charge in [0.1, 0.15) is 11.5 Å². The first-order chi connectivity index (χ1) is 18.1. The Morgan fingerprint density at radius 3 is 2.34 bits per heavy atom. The van der Waals surface area contributed by atoms with Gasteiger partial charge in [0.2, 0.25) is 0 Å². The number of amides is 1. The van der Waals surface area contributed by atoms with Crippen LogP contribution in [0.25, 0.3) is 11.1 Å². The first-order valence-electron chi connectivity index (χ1n) is 12.3. The number of carbonyl (C=O) groups excluding carboxylic acids is 1.